The van der Waals surface area contributed by atoms with Gasteiger partial charge in [0, 0.05) is 0 Å². The van der Waals surface area contributed by atoms with Crippen LogP contribution in [-0.4, -0.2) is 36.2 Å². The molecule has 0 aliphatic carbocycles. The number of ether oxygens (including phenoxy) is 2. The number of benzene rings is 1. The van der Waals surface area contributed by atoms with Crippen molar-refractivity contribution in [1.82, 2.24) is 0 Å². The zero-order valence-electron chi connectivity index (χ0n) is 11.5. The Kier molecular flexibility index (Phi) is 5.46. The molecule has 0 spiro atoms. The first-order valence-corrected chi connectivity index (χ1v) is 7.79. The number of hydrogen-bond acceptors (Lipinski definition) is 6. The Morgan fingerprint density at radius 1 is 1.33 bits per heavy atom. The molecule has 0 saturated carbocycles. The van der Waals surface area contributed by atoms with E-state index in [1.165, 1.54) is 30.6 Å². The number of methoxy groups -OCH3 is 2. The molecule has 7 heteroatoms. The molecule has 5 nitrogen and oxygen atoms in total. The number of carbonyl (C=O) groups excluding carboxylic acids is 2. The number of nitrogens with zero attached hydrogens (tertiary/aromatic N) is 1. The molecule has 0 unspecified atom stereocenters. The van der Waals surface area contributed by atoms with E-state index in [4.69, 9.17) is 4.74 Å². The minimum atomic E-state index is -0.344. The fourth-order valence-corrected chi connectivity index (χ4v) is 3.32. The fraction of sp³-hybridized carbons (Fsp3) is 0.214. The molecule has 0 aromatic heterocycles. The van der Waals surface area contributed by atoms with Gasteiger partial charge in [0.05, 0.1) is 24.9 Å². The summed E-state index contributed by atoms with van der Waals surface area (Å²) in [5, 5.41) is 0. The molecular formula is C14H13NO4S2. The van der Waals surface area contributed by atoms with Crippen molar-refractivity contribution in [3.63, 3.8) is 0 Å². The van der Waals surface area contributed by atoms with E-state index in [-0.39, 0.29) is 17.6 Å². The highest BCUT2D eigenvalue weighted by molar-refractivity contribution is 8.41. The van der Waals surface area contributed by atoms with Crippen molar-refractivity contribution in [2.45, 2.75) is 0 Å². The lowest BCUT2D eigenvalue weighted by Crippen LogP contribution is -2.04. The van der Waals surface area contributed by atoms with Crippen LogP contribution in [0.2, 0.25) is 0 Å². The lowest BCUT2D eigenvalue weighted by Gasteiger charge is -2.00. The van der Waals surface area contributed by atoms with Crippen LogP contribution in [0, 0.1) is 0 Å². The lowest BCUT2D eigenvalue weighted by atomic mass is 10.2. The molecule has 0 saturated heterocycles. The summed E-state index contributed by atoms with van der Waals surface area (Å²) in [5.74, 6) is 0.269. The summed E-state index contributed by atoms with van der Waals surface area (Å²) in [6, 6.07) is 7.37. The molecule has 2 rings (SSSR count). The first-order chi connectivity index (χ1) is 10.1. The minimum Gasteiger partial charge on any atom is -0.497 e. The Morgan fingerprint density at radius 2 is 2.05 bits per heavy atom. The lowest BCUT2D eigenvalue weighted by molar-refractivity contribution is -0.137. The predicted octanol–water partition coefficient (Wildman–Crippen LogP) is 2.57. The second-order valence-electron chi connectivity index (χ2n) is 3.93. The summed E-state index contributed by atoms with van der Waals surface area (Å²) in [6.45, 7) is 0. The van der Waals surface area contributed by atoms with Gasteiger partial charge in [0.1, 0.15) is 10.1 Å². The van der Waals surface area contributed by atoms with Gasteiger partial charge in [-0.15, -0.1) is 0 Å². The first-order valence-electron chi connectivity index (χ1n) is 5.98. The van der Waals surface area contributed by atoms with E-state index >= 15 is 0 Å². The van der Waals surface area contributed by atoms with Gasteiger partial charge in [-0.2, -0.15) is 4.99 Å². The van der Waals surface area contributed by atoms with E-state index in [0.717, 1.165) is 11.3 Å². The highest BCUT2D eigenvalue weighted by Gasteiger charge is 2.22. The van der Waals surface area contributed by atoms with Crippen LogP contribution in [0.15, 0.2) is 34.2 Å². The molecule has 21 heavy (non-hydrogen) atoms. The van der Waals surface area contributed by atoms with Crippen molar-refractivity contribution >= 4 is 45.9 Å². The van der Waals surface area contributed by atoms with Gasteiger partial charge in [0.2, 0.25) is 0 Å². The van der Waals surface area contributed by atoms with E-state index in [1.807, 2.05) is 24.3 Å². The number of esters is 1. The van der Waals surface area contributed by atoms with Crippen molar-refractivity contribution < 1.29 is 19.1 Å². The highest BCUT2D eigenvalue weighted by Crippen LogP contribution is 2.33. The molecule has 1 amide bonds. The largest absolute Gasteiger partial charge is 0.497 e. The molecule has 1 aliphatic rings. The number of hydrogen-bond donors (Lipinski definition) is 0. The van der Waals surface area contributed by atoms with Crippen LogP contribution in [-0.2, 0) is 14.3 Å². The van der Waals surface area contributed by atoms with Gasteiger partial charge in [-0.1, -0.05) is 35.7 Å². The van der Waals surface area contributed by atoms with Gasteiger partial charge in [0.25, 0.3) is 5.91 Å². The topological polar surface area (TPSA) is 65.0 Å². The second kappa shape index (κ2) is 7.33. The number of rotatable bonds is 4. The third-order valence-corrected chi connectivity index (χ3v) is 4.66. The SMILES string of the molecule is COC(=O)CSC1=NC(=O)/C(=C/c2ccc(OC)cc2)S1. The van der Waals surface area contributed by atoms with Gasteiger partial charge in [0.15, 0.2) is 0 Å². The van der Waals surface area contributed by atoms with Crippen molar-refractivity contribution in [3.05, 3.63) is 34.7 Å². The van der Waals surface area contributed by atoms with Gasteiger partial charge in [-0.3, -0.25) is 9.59 Å². The van der Waals surface area contributed by atoms with Gasteiger partial charge in [-0.25, -0.2) is 0 Å². The molecule has 1 heterocycles. The van der Waals surface area contributed by atoms with Crippen LogP contribution in [0.25, 0.3) is 6.08 Å². The van der Waals surface area contributed by atoms with Crippen LogP contribution in [0.1, 0.15) is 5.56 Å². The summed E-state index contributed by atoms with van der Waals surface area (Å²) in [7, 11) is 2.93. The third kappa shape index (κ3) is 4.37. The summed E-state index contributed by atoms with van der Waals surface area (Å²) in [6.07, 6.45) is 1.77. The number of amides is 1. The predicted molar refractivity (Wildman–Crippen MR) is 85.5 cm³/mol. The Labute approximate surface area is 130 Å². The molecule has 0 N–H and O–H groups in total. The number of carbonyl (C=O) groups is 2. The Morgan fingerprint density at radius 3 is 2.67 bits per heavy atom. The third-order valence-electron chi connectivity index (χ3n) is 2.56. The molecule has 0 radical (unpaired) electrons. The smallest absolute Gasteiger partial charge is 0.316 e. The van der Waals surface area contributed by atoms with Crippen LogP contribution in [0.5, 0.6) is 5.75 Å². The van der Waals surface area contributed by atoms with E-state index in [1.54, 1.807) is 13.2 Å². The van der Waals surface area contributed by atoms with E-state index in [0.29, 0.717) is 9.28 Å². The molecule has 1 aromatic rings. The molecule has 1 aliphatic heterocycles. The van der Waals surface area contributed by atoms with Crippen LogP contribution < -0.4 is 4.74 Å². The van der Waals surface area contributed by atoms with E-state index < -0.39 is 0 Å². The maximum Gasteiger partial charge on any atom is 0.316 e. The maximum atomic E-state index is 11.8. The van der Waals surface area contributed by atoms with Gasteiger partial charge < -0.3 is 9.47 Å². The van der Waals surface area contributed by atoms with Crippen molar-refractivity contribution in [2.24, 2.45) is 4.99 Å². The molecule has 0 bridgehead atoms. The van der Waals surface area contributed by atoms with Crippen LogP contribution >= 0.6 is 23.5 Å². The monoisotopic (exact) mass is 323 g/mol. The van der Waals surface area contributed by atoms with Crippen LogP contribution in [0.4, 0.5) is 0 Å². The zero-order valence-corrected chi connectivity index (χ0v) is 13.1. The fourth-order valence-electron chi connectivity index (χ4n) is 1.48. The Bertz CT molecular complexity index is 608. The molecule has 110 valence electrons. The number of thioether (sulfide) groups is 2. The van der Waals surface area contributed by atoms with Gasteiger partial charge >= 0.3 is 5.97 Å². The quantitative estimate of drug-likeness (QED) is 0.627. The van der Waals surface area contributed by atoms with E-state index in [2.05, 4.69) is 9.73 Å². The summed E-state index contributed by atoms with van der Waals surface area (Å²) in [5.41, 5.74) is 0.890. The van der Waals surface area contributed by atoms with Crippen molar-refractivity contribution in [3.8, 4) is 5.75 Å². The van der Waals surface area contributed by atoms with E-state index in [9.17, 15) is 9.59 Å². The molecular weight excluding hydrogens is 310 g/mol. The summed E-state index contributed by atoms with van der Waals surface area (Å²) in [4.78, 5) is 27.3. The molecule has 0 fully saturated rings. The van der Waals surface area contributed by atoms with Crippen LogP contribution in [0.3, 0.4) is 0 Å². The summed E-state index contributed by atoms with van der Waals surface area (Å²) >= 11 is 2.46. The maximum absolute atomic E-state index is 11.8. The second-order valence-corrected chi connectivity index (χ2v) is 6.18. The number of aliphatic imine (C=N–C) groups is 1. The first kappa shape index (κ1) is 15.7. The van der Waals surface area contributed by atoms with Gasteiger partial charge in [-0.05, 0) is 23.8 Å². The molecule has 0 atom stereocenters. The highest BCUT2D eigenvalue weighted by atomic mass is 32.2. The normalized spacial score (nSPS) is 16.0. The Hall–Kier alpha value is -1.73. The minimum absolute atomic E-state index is 0.144. The summed E-state index contributed by atoms with van der Waals surface area (Å²) < 4.78 is 10.2. The van der Waals surface area contributed by atoms with Crippen molar-refractivity contribution in [1.29, 1.82) is 0 Å². The Balaban J connectivity index is 2.00. The zero-order chi connectivity index (χ0) is 15.2. The average Bonchev–Trinajstić information content (AvgIpc) is 2.85. The molecule has 1 aromatic carbocycles. The standard InChI is InChI=1S/C14H13NO4S2/c1-18-10-5-3-9(4-6-10)7-11-13(17)15-14(21-11)20-8-12(16)19-2/h3-7H,8H2,1-2H3/b11-7-. The average molecular weight is 323 g/mol. The van der Waals surface area contributed by atoms with Crippen molar-refractivity contribution in [2.75, 3.05) is 20.0 Å².